The van der Waals surface area contributed by atoms with Gasteiger partial charge in [-0.25, -0.2) is 0 Å². The van der Waals surface area contributed by atoms with Gasteiger partial charge in [-0.3, -0.25) is 0 Å². The standard InChI is InChI=1S/C11H13ClO3.Na/c1-3-11(2,10(13)14)15-9-6-4-8(12)5-7-9;/h4-7H,3H2,1-2H3,(H,13,14);/q;+1/p-1. The number of rotatable bonds is 4. The first-order valence-corrected chi connectivity index (χ1v) is 5.02. The van der Waals surface area contributed by atoms with Crippen LogP contribution in [-0.2, 0) is 4.79 Å². The Hall–Kier alpha value is -0.220. The van der Waals surface area contributed by atoms with Crippen LogP contribution in [0.25, 0.3) is 0 Å². The molecule has 0 aliphatic rings. The number of carboxylic acids is 1. The molecule has 1 aromatic carbocycles. The number of halogens is 1. The van der Waals surface area contributed by atoms with Gasteiger partial charge in [-0.2, -0.15) is 0 Å². The van der Waals surface area contributed by atoms with Gasteiger partial charge in [0.05, 0.1) is 5.97 Å². The number of hydrogen-bond donors (Lipinski definition) is 0. The van der Waals surface area contributed by atoms with Gasteiger partial charge in [0, 0.05) is 5.02 Å². The number of aliphatic carboxylic acids is 1. The van der Waals surface area contributed by atoms with Crippen molar-refractivity contribution < 1.29 is 44.2 Å². The maximum atomic E-state index is 10.9. The van der Waals surface area contributed by atoms with Crippen molar-refractivity contribution in [2.24, 2.45) is 0 Å². The van der Waals surface area contributed by atoms with Crippen molar-refractivity contribution in [3.05, 3.63) is 29.3 Å². The van der Waals surface area contributed by atoms with E-state index in [1.165, 1.54) is 6.92 Å². The number of benzene rings is 1. The fourth-order valence-corrected chi connectivity index (χ4v) is 1.15. The molecule has 5 heteroatoms. The molecule has 3 nitrogen and oxygen atoms in total. The van der Waals surface area contributed by atoms with Crippen LogP contribution in [0.5, 0.6) is 5.75 Å². The molecule has 0 aliphatic heterocycles. The molecule has 1 aromatic rings. The largest absolute Gasteiger partial charge is 1.00 e. The molecule has 0 saturated carbocycles. The molecule has 0 heterocycles. The summed E-state index contributed by atoms with van der Waals surface area (Å²) in [6.07, 6.45) is 0.331. The van der Waals surface area contributed by atoms with Gasteiger partial charge in [-0.15, -0.1) is 0 Å². The van der Waals surface area contributed by atoms with Gasteiger partial charge in [-0.05, 0) is 37.6 Å². The van der Waals surface area contributed by atoms with Crippen molar-refractivity contribution in [2.75, 3.05) is 0 Å². The molecule has 1 atom stereocenters. The van der Waals surface area contributed by atoms with Gasteiger partial charge < -0.3 is 14.6 Å². The minimum atomic E-state index is -1.30. The van der Waals surface area contributed by atoms with E-state index in [4.69, 9.17) is 16.3 Å². The van der Waals surface area contributed by atoms with E-state index in [1.807, 2.05) is 0 Å². The Morgan fingerprint density at radius 2 is 1.94 bits per heavy atom. The van der Waals surface area contributed by atoms with E-state index in [0.717, 1.165) is 0 Å². The van der Waals surface area contributed by atoms with Crippen LogP contribution in [0.3, 0.4) is 0 Å². The first-order chi connectivity index (χ1) is 6.98. The Balaban J connectivity index is 0.00000225. The molecule has 0 aliphatic carbocycles. The summed E-state index contributed by atoms with van der Waals surface area (Å²) in [6.45, 7) is 3.21. The van der Waals surface area contributed by atoms with E-state index in [9.17, 15) is 9.90 Å². The molecule has 0 saturated heterocycles. The summed E-state index contributed by atoms with van der Waals surface area (Å²) in [7, 11) is 0. The third-order valence-electron chi connectivity index (χ3n) is 2.26. The zero-order valence-electron chi connectivity index (χ0n) is 9.62. The number of carbonyl (C=O) groups is 1. The summed E-state index contributed by atoms with van der Waals surface area (Å²) >= 11 is 5.70. The molecule has 16 heavy (non-hydrogen) atoms. The quantitative estimate of drug-likeness (QED) is 0.621. The smallest absolute Gasteiger partial charge is 0.546 e. The van der Waals surface area contributed by atoms with Crippen LogP contribution in [0.2, 0.25) is 5.02 Å². The summed E-state index contributed by atoms with van der Waals surface area (Å²) < 4.78 is 5.35. The molecule has 0 amide bonds. The zero-order chi connectivity index (χ0) is 11.5. The third-order valence-corrected chi connectivity index (χ3v) is 2.52. The van der Waals surface area contributed by atoms with E-state index in [-0.39, 0.29) is 29.6 Å². The van der Waals surface area contributed by atoms with E-state index < -0.39 is 11.6 Å². The van der Waals surface area contributed by atoms with Gasteiger partial charge in [0.15, 0.2) is 0 Å². The van der Waals surface area contributed by atoms with Crippen LogP contribution < -0.4 is 39.4 Å². The maximum absolute atomic E-state index is 10.9. The second kappa shape index (κ2) is 6.50. The Labute approximate surface area is 122 Å². The van der Waals surface area contributed by atoms with Gasteiger partial charge in [0.25, 0.3) is 0 Å². The normalized spacial score (nSPS) is 13.4. The number of carbonyl (C=O) groups excluding carboxylic acids is 1. The zero-order valence-corrected chi connectivity index (χ0v) is 12.4. The second-order valence-corrected chi connectivity index (χ2v) is 3.86. The molecule has 0 bridgehead atoms. The Bertz CT molecular complexity index is 353. The van der Waals surface area contributed by atoms with Crippen LogP contribution in [-0.4, -0.2) is 11.6 Å². The fraction of sp³-hybridized carbons (Fsp3) is 0.364. The topological polar surface area (TPSA) is 49.4 Å². The average molecular weight is 251 g/mol. The molecule has 0 N–H and O–H groups in total. The molecule has 0 spiro atoms. The Kier molecular flexibility index (Phi) is 6.41. The predicted molar refractivity (Wildman–Crippen MR) is 55.8 cm³/mol. The fourth-order valence-electron chi connectivity index (χ4n) is 1.02. The number of ether oxygens (including phenoxy) is 1. The predicted octanol–water partition coefficient (Wildman–Crippen LogP) is -1.36. The molecular formula is C11H12ClNaO3. The average Bonchev–Trinajstić information content (AvgIpc) is 2.21. The molecule has 0 aromatic heterocycles. The Morgan fingerprint density at radius 3 is 2.31 bits per heavy atom. The summed E-state index contributed by atoms with van der Waals surface area (Å²) in [6, 6.07) is 6.53. The van der Waals surface area contributed by atoms with Crippen LogP contribution in [0.4, 0.5) is 0 Å². The van der Waals surface area contributed by atoms with Crippen molar-refractivity contribution >= 4 is 17.6 Å². The minimum Gasteiger partial charge on any atom is -0.546 e. The molecule has 1 unspecified atom stereocenters. The molecule has 82 valence electrons. The summed E-state index contributed by atoms with van der Waals surface area (Å²) in [5, 5.41) is 11.4. The van der Waals surface area contributed by atoms with Gasteiger partial charge in [0.1, 0.15) is 11.4 Å². The minimum absolute atomic E-state index is 0. The van der Waals surface area contributed by atoms with Crippen molar-refractivity contribution in [1.82, 2.24) is 0 Å². The number of hydrogen-bond acceptors (Lipinski definition) is 3. The summed E-state index contributed by atoms with van der Waals surface area (Å²) in [5.74, 6) is -0.757. The van der Waals surface area contributed by atoms with Crippen LogP contribution in [0.1, 0.15) is 20.3 Å². The number of carboxylic acid groups (broad SMARTS) is 1. The molecule has 0 fully saturated rings. The van der Waals surface area contributed by atoms with E-state index >= 15 is 0 Å². The monoisotopic (exact) mass is 250 g/mol. The SMILES string of the molecule is CCC(C)(Oc1ccc(Cl)cc1)C(=O)[O-].[Na+]. The van der Waals surface area contributed by atoms with Gasteiger partial charge in [0.2, 0.25) is 0 Å². The van der Waals surface area contributed by atoms with Crippen LogP contribution in [0.15, 0.2) is 24.3 Å². The van der Waals surface area contributed by atoms with Crippen molar-refractivity contribution in [1.29, 1.82) is 0 Å². The molecule has 0 radical (unpaired) electrons. The first-order valence-electron chi connectivity index (χ1n) is 4.64. The van der Waals surface area contributed by atoms with Crippen molar-refractivity contribution in [2.45, 2.75) is 25.9 Å². The van der Waals surface area contributed by atoms with Crippen molar-refractivity contribution in [3.63, 3.8) is 0 Å². The van der Waals surface area contributed by atoms with E-state index in [0.29, 0.717) is 17.2 Å². The summed E-state index contributed by atoms with van der Waals surface area (Å²) in [4.78, 5) is 10.9. The van der Waals surface area contributed by atoms with Gasteiger partial charge in [-0.1, -0.05) is 18.5 Å². The van der Waals surface area contributed by atoms with Crippen LogP contribution in [0, 0.1) is 0 Å². The first kappa shape index (κ1) is 15.8. The third kappa shape index (κ3) is 3.98. The van der Waals surface area contributed by atoms with E-state index in [2.05, 4.69) is 0 Å². The molecule has 1 rings (SSSR count). The van der Waals surface area contributed by atoms with Gasteiger partial charge >= 0.3 is 29.6 Å². The Morgan fingerprint density at radius 1 is 1.44 bits per heavy atom. The second-order valence-electron chi connectivity index (χ2n) is 3.43. The van der Waals surface area contributed by atoms with E-state index in [1.54, 1.807) is 31.2 Å². The molecular weight excluding hydrogens is 239 g/mol. The maximum Gasteiger partial charge on any atom is 1.00 e. The summed E-state index contributed by atoms with van der Waals surface area (Å²) in [5.41, 5.74) is -1.30. The van der Waals surface area contributed by atoms with Crippen LogP contribution >= 0.6 is 11.6 Å². The van der Waals surface area contributed by atoms with Crippen molar-refractivity contribution in [3.8, 4) is 5.75 Å².